The van der Waals surface area contributed by atoms with Gasteiger partial charge in [-0.1, -0.05) is 13.0 Å². The molecule has 0 bridgehead atoms. The maximum Gasteiger partial charge on any atom is 0.257 e. The predicted octanol–water partition coefficient (Wildman–Crippen LogP) is 3.02. The van der Waals surface area contributed by atoms with Crippen molar-refractivity contribution in [3.05, 3.63) is 60.4 Å². The number of fused-ring (bicyclic) bond motifs is 1. The van der Waals surface area contributed by atoms with Crippen LogP contribution in [0.3, 0.4) is 0 Å². The molecule has 4 rings (SSSR count). The normalized spacial score (nSPS) is 15.1. The first-order chi connectivity index (χ1) is 13.2. The highest BCUT2D eigenvalue weighted by Gasteiger charge is 2.16. The average molecular weight is 361 g/mol. The van der Waals surface area contributed by atoms with Crippen molar-refractivity contribution in [3.63, 3.8) is 0 Å². The van der Waals surface area contributed by atoms with Crippen molar-refractivity contribution in [3.8, 4) is 0 Å². The summed E-state index contributed by atoms with van der Waals surface area (Å²) in [6, 6.07) is 13.5. The van der Waals surface area contributed by atoms with Crippen molar-refractivity contribution in [1.29, 1.82) is 0 Å². The van der Waals surface area contributed by atoms with Gasteiger partial charge in [-0.3, -0.25) is 14.8 Å². The van der Waals surface area contributed by atoms with Gasteiger partial charge in [-0.25, -0.2) is 0 Å². The summed E-state index contributed by atoms with van der Waals surface area (Å²) in [7, 11) is 0. The minimum Gasteiger partial charge on any atom is -0.369 e. The van der Waals surface area contributed by atoms with Crippen molar-refractivity contribution >= 4 is 28.3 Å². The zero-order chi connectivity index (χ0) is 18.6. The molecule has 2 aromatic carbocycles. The lowest BCUT2D eigenvalue weighted by Gasteiger charge is -2.35. The molecule has 1 aromatic heterocycles. The molecule has 0 radical (unpaired) electrons. The molecular weight excluding hydrogens is 338 g/mol. The fourth-order valence-electron chi connectivity index (χ4n) is 3.45. The molecule has 6 nitrogen and oxygen atoms in total. The van der Waals surface area contributed by atoms with Crippen LogP contribution in [-0.4, -0.2) is 53.5 Å². The molecule has 3 aromatic rings. The quantitative estimate of drug-likeness (QED) is 0.774. The third kappa shape index (κ3) is 3.75. The molecule has 0 spiro atoms. The van der Waals surface area contributed by atoms with Crippen LogP contribution in [0.2, 0.25) is 0 Å². The molecule has 0 saturated carbocycles. The zero-order valence-corrected chi connectivity index (χ0v) is 15.4. The summed E-state index contributed by atoms with van der Waals surface area (Å²) in [5.41, 5.74) is 3.83. The Kier molecular flexibility index (Phi) is 4.98. The lowest BCUT2D eigenvalue weighted by Crippen LogP contribution is -2.46. The van der Waals surface area contributed by atoms with Gasteiger partial charge in [-0.2, -0.15) is 0 Å². The summed E-state index contributed by atoms with van der Waals surface area (Å²) in [6.45, 7) is 7.57. The lowest BCUT2D eigenvalue weighted by atomic mass is 10.1. The van der Waals surface area contributed by atoms with Gasteiger partial charge < -0.3 is 15.1 Å². The number of piperazine rings is 1. The van der Waals surface area contributed by atoms with Crippen molar-refractivity contribution in [2.24, 2.45) is 0 Å². The summed E-state index contributed by atoms with van der Waals surface area (Å²) in [5.74, 6) is -0.176. The summed E-state index contributed by atoms with van der Waals surface area (Å²) >= 11 is 0. The standard InChI is InChI=1S/C21H23N5O/c1-2-25-12-14-26(15-13-25)17-8-6-16(7-9-17)24-21(27)18-4-3-5-19-20(18)23-11-10-22-19/h3-11H,2,12-15H2,1H3,(H,24,27). The first kappa shape index (κ1) is 17.4. The zero-order valence-electron chi connectivity index (χ0n) is 15.4. The maximum atomic E-state index is 12.7. The SMILES string of the molecule is CCN1CCN(c2ccc(NC(=O)c3cccc4nccnc34)cc2)CC1. The molecule has 1 aliphatic rings. The Bertz CT molecular complexity index is 927. The van der Waals surface area contributed by atoms with Crippen LogP contribution in [-0.2, 0) is 0 Å². The molecule has 1 amide bonds. The Balaban J connectivity index is 1.46. The minimum atomic E-state index is -0.176. The van der Waals surface area contributed by atoms with E-state index in [2.05, 4.69) is 44.1 Å². The number of aromatic nitrogens is 2. The molecule has 1 saturated heterocycles. The highest BCUT2D eigenvalue weighted by atomic mass is 16.1. The van der Waals surface area contributed by atoms with E-state index >= 15 is 0 Å². The van der Waals surface area contributed by atoms with Crippen molar-refractivity contribution < 1.29 is 4.79 Å². The molecule has 6 heteroatoms. The fraction of sp³-hybridized carbons (Fsp3) is 0.286. The first-order valence-corrected chi connectivity index (χ1v) is 9.33. The third-order valence-electron chi connectivity index (χ3n) is 5.05. The van der Waals surface area contributed by atoms with E-state index in [1.807, 2.05) is 24.3 Å². The van der Waals surface area contributed by atoms with Crippen molar-refractivity contribution in [2.45, 2.75) is 6.92 Å². The van der Waals surface area contributed by atoms with Gasteiger partial charge in [0.05, 0.1) is 11.1 Å². The molecular formula is C21H23N5O. The summed E-state index contributed by atoms with van der Waals surface area (Å²) in [5, 5.41) is 2.96. The Hall–Kier alpha value is -2.99. The first-order valence-electron chi connectivity index (χ1n) is 9.33. The van der Waals surface area contributed by atoms with Crippen LogP contribution in [0.25, 0.3) is 11.0 Å². The van der Waals surface area contributed by atoms with Gasteiger partial charge in [0.2, 0.25) is 0 Å². The van der Waals surface area contributed by atoms with E-state index < -0.39 is 0 Å². The molecule has 1 N–H and O–H groups in total. The molecule has 0 atom stereocenters. The molecule has 2 heterocycles. The summed E-state index contributed by atoms with van der Waals surface area (Å²) in [4.78, 5) is 26.1. The van der Waals surface area contributed by atoms with E-state index in [0.29, 0.717) is 16.6 Å². The van der Waals surface area contributed by atoms with E-state index in [0.717, 1.165) is 38.4 Å². The van der Waals surface area contributed by atoms with E-state index in [4.69, 9.17) is 0 Å². The van der Waals surface area contributed by atoms with Gasteiger partial charge in [0, 0.05) is 49.9 Å². The predicted molar refractivity (Wildman–Crippen MR) is 108 cm³/mol. The van der Waals surface area contributed by atoms with Crippen LogP contribution in [0.15, 0.2) is 54.9 Å². The van der Waals surface area contributed by atoms with Crippen LogP contribution in [0.1, 0.15) is 17.3 Å². The molecule has 27 heavy (non-hydrogen) atoms. The smallest absolute Gasteiger partial charge is 0.257 e. The van der Waals surface area contributed by atoms with Crippen LogP contribution >= 0.6 is 0 Å². The van der Waals surface area contributed by atoms with E-state index in [9.17, 15) is 4.79 Å². The molecule has 0 aliphatic carbocycles. The summed E-state index contributed by atoms with van der Waals surface area (Å²) < 4.78 is 0. The number of rotatable bonds is 4. The monoisotopic (exact) mass is 361 g/mol. The molecule has 1 fully saturated rings. The minimum absolute atomic E-state index is 0.176. The number of hydrogen-bond acceptors (Lipinski definition) is 5. The van der Waals surface area contributed by atoms with Gasteiger partial charge in [0.15, 0.2) is 0 Å². The van der Waals surface area contributed by atoms with E-state index in [1.165, 1.54) is 5.69 Å². The Morgan fingerprint density at radius 2 is 1.74 bits per heavy atom. The van der Waals surface area contributed by atoms with Gasteiger partial charge in [-0.15, -0.1) is 0 Å². The number of likely N-dealkylation sites (N-methyl/N-ethyl adjacent to an activating group) is 1. The van der Waals surface area contributed by atoms with Gasteiger partial charge >= 0.3 is 0 Å². The highest BCUT2D eigenvalue weighted by molar-refractivity contribution is 6.11. The number of carbonyl (C=O) groups is 1. The highest BCUT2D eigenvalue weighted by Crippen LogP contribution is 2.21. The van der Waals surface area contributed by atoms with Crippen molar-refractivity contribution in [1.82, 2.24) is 14.9 Å². The third-order valence-corrected chi connectivity index (χ3v) is 5.05. The Labute approximate surface area is 158 Å². The topological polar surface area (TPSA) is 61.4 Å². The van der Waals surface area contributed by atoms with Gasteiger partial charge in [0.25, 0.3) is 5.91 Å². The van der Waals surface area contributed by atoms with Crippen LogP contribution in [0, 0.1) is 0 Å². The second-order valence-electron chi connectivity index (χ2n) is 6.65. The maximum absolute atomic E-state index is 12.7. The molecule has 1 aliphatic heterocycles. The fourth-order valence-corrected chi connectivity index (χ4v) is 3.45. The Morgan fingerprint density at radius 1 is 1.00 bits per heavy atom. The largest absolute Gasteiger partial charge is 0.369 e. The number of anilines is 2. The van der Waals surface area contributed by atoms with Crippen molar-refractivity contribution in [2.75, 3.05) is 42.9 Å². The van der Waals surface area contributed by atoms with E-state index in [-0.39, 0.29) is 5.91 Å². The number of para-hydroxylation sites is 1. The van der Waals surface area contributed by atoms with Gasteiger partial charge in [-0.05, 0) is 42.9 Å². The number of nitrogens with zero attached hydrogens (tertiary/aromatic N) is 4. The van der Waals surface area contributed by atoms with Crippen LogP contribution < -0.4 is 10.2 Å². The second-order valence-corrected chi connectivity index (χ2v) is 6.65. The number of amides is 1. The second kappa shape index (κ2) is 7.72. The van der Waals surface area contributed by atoms with Crippen LogP contribution in [0.4, 0.5) is 11.4 Å². The van der Waals surface area contributed by atoms with E-state index in [1.54, 1.807) is 18.5 Å². The average Bonchev–Trinajstić information content (AvgIpc) is 2.74. The summed E-state index contributed by atoms with van der Waals surface area (Å²) in [6.07, 6.45) is 3.23. The molecule has 0 unspecified atom stereocenters. The van der Waals surface area contributed by atoms with Gasteiger partial charge in [0.1, 0.15) is 5.52 Å². The molecule has 138 valence electrons. The number of nitrogens with one attached hydrogen (secondary N) is 1. The number of hydrogen-bond donors (Lipinski definition) is 1. The Morgan fingerprint density at radius 3 is 2.48 bits per heavy atom. The van der Waals surface area contributed by atoms with Crippen LogP contribution in [0.5, 0.6) is 0 Å². The number of benzene rings is 2. The number of carbonyl (C=O) groups excluding carboxylic acids is 1. The lowest BCUT2D eigenvalue weighted by molar-refractivity contribution is 0.102.